The lowest BCUT2D eigenvalue weighted by atomic mass is 10.2. The van der Waals surface area contributed by atoms with E-state index in [4.69, 9.17) is 8.85 Å². The average molecular weight is 368 g/mol. The molecule has 0 heterocycles. The van der Waals surface area contributed by atoms with Crippen molar-refractivity contribution < 1.29 is 8.85 Å². The molecule has 0 saturated carbocycles. The lowest BCUT2D eigenvalue weighted by Gasteiger charge is -2.47. The lowest BCUT2D eigenvalue weighted by molar-refractivity contribution is 0.248. The van der Waals surface area contributed by atoms with Crippen LogP contribution in [-0.2, 0) is 8.85 Å². The maximum Gasteiger partial charge on any atom is 0.334 e. The van der Waals surface area contributed by atoms with E-state index in [-0.39, 0.29) is 0 Å². The first-order valence-electron chi connectivity index (χ1n) is 9.00. The molecule has 0 aliphatic heterocycles. The van der Waals surface area contributed by atoms with E-state index in [0.717, 1.165) is 19.0 Å². The van der Waals surface area contributed by atoms with Crippen molar-refractivity contribution in [1.82, 2.24) is 0 Å². The van der Waals surface area contributed by atoms with E-state index in [1.807, 2.05) is 0 Å². The smallest absolute Gasteiger partial charge is 0.334 e. The largest absolute Gasteiger partial charge is 0.398 e. The third-order valence-corrected chi connectivity index (χ3v) is 14.2. The molecule has 138 valence electrons. The second kappa shape index (κ2) is 8.65. The van der Waals surface area contributed by atoms with Gasteiger partial charge in [-0.25, -0.2) is 0 Å². The number of rotatable bonds is 9. The molecular formula is C19H37NO2Si2. The molecule has 5 heteroatoms. The highest BCUT2D eigenvalue weighted by molar-refractivity contribution is 6.83. The van der Waals surface area contributed by atoms with Crippen LogP contribution in [0.15, 0.2) is 30.3 Å². The van der Waals surface area contributed by atoms with Gasteiger partial charge in [0.15, 0.2) is 8.24 Å². The fourth-order valence-corrected chi connectivity index (χ4v) is 6.54. The van der Waals surface area contributed by atoms with Crippen LogP contribution in [0, 0.1) is 0 Å². The van der Waals surface area contributed by atoms with Crippen LogP contribution in [-0.4, -0.2) is 37.6 Å². The first-order chi connectivity index (χ1) is 11.1. The predicted molar refractivity (Wildman–Crippen MR) is 111 cm³/mol. The van der Waals surface area contributed by atoms with Gasteiger partial charge in [-0.1, -0.05) is 52.1 Å². The number of unbranched alkanes of at least 4 members (excludes halogenated alkanes) is 1. The van der Waals surface area contributed by atoms with Crippen LogP contribution in [0.4, 0.5) is 5.69 Å². The Morgan fingerprint density at radius 1 is 0.917 bits per heavy atom. The highest BCUT2D eigenvalue weighted by atomic mass is 28.4. The summed E-state index contributed by atoms with van der Waals surface area (Å²) in [6.07, 6.45) is 2.33. The zero-order valence-corrected chi connectivity index (χ0v) is 19.0. The highest BCUT2D eigenvalue weighted by Gasteiger charge is 2.41. The van der Waals surface area contributed by atoms with Crippen LogP contribution in [0.1, 0.15) is 33.6 Å². The molecule has 0 aliphatic rings. The zero-order chi connectivity index (χ0) is 18.4. The number of hydrogen-bond acceptors (Lipinski definition) is 3. The standard InChI is InChI=1S/C19H37NO2Si2/c1-19(2,3)23(6,7)20(18-14-10-9-11-15-18)16-12-13-17-24(8,21-4)22-5/h9-11,14-15H,12-13,16-17H2,1-8H3. The molecule has 0 N–H and O–H groups in total. The number of nitrogens with zero attached hydrogens (tertiary/aromatic N) is 1. The molecule has 0 amide bonds. The Morgan fingerprint density at radius 2 is 1.46 bits per heavy atom. The molecule has 1 aromatic carbocycles. The summed E-state index contributed by atoms with van der Waals surface area (Å²) in [5.74, 6) is 0. The lowest BCUT2D eigenvalue weighted by Crippen LogP contribution is -2.55. The van der Waals surface area contributed by atoms with Gasteiger partial charge in [0.1, 0.15) is 0 Å². The van der Waals surface area contributed by atoms with Crippen molar-refractivity contribution in [2.45, 2.75) is 64.3 Å². The maximum absolute atomic E-state index is 5.61. The minimum atomic E-state index is -1.94. The third-order valence-electron chi connectivity index (χ3n) is 5.70. The van der Waals surface area contributed by atoms with Crippen LogP contribution in [0.2, 0.25) is 30.7 Å². The SMILES string of the molecule is CO[Si](C)(CCCCN(c1ccccc1)[Si](C)(C)C(C)(C)C)OC. The normalized spacial score (nSPS) is 13.2. The quantitative estimate of drug-likeness (QED) is 0.416. The van der Waals surface area contributed by atoms with Crippen LogP contribution in [0.3, 0.4) is 0 Å². The summed E-state index contributed by atoms with van der Waals surface area (Å²) in [5, 5.41) is 0.325. The Bertz CT molecular complexity index is 482. The third kappa shape index (κ3) is 5.44. The summed E-state index contributed by atoms with van der Waals surface area (Å²) in [5.41, 5.74) is 1.36. The molecule has 0 bridgehead atoms. The van der Waals surface area contributed by atoms with Gasteiger partial charge in [0.25, 0.3) is 0 Å². The van der Waals surface area contributed by atoms with Crippen molar-refractivity contribution in [2.24, 2.45) is 0 Å². The molecule has 0 unspecified atom stereocenters. The molecule has 0 fully saturated rings. The molecule has 0 spiro atoms. The van der Waals surface area contributed by atoms with Crippen molar-refractivity contribution in [2.75, 3.05) is 25.3 Å². The van der Waals surface area contributed by atoms with Crippen molar-refractivity contribution >= 4 is 22.5 Å². The first kappa shape index (κ1) is 21.4. The van der Waals surface area contributed by atoms with Gasteiger partial charge in [-0.15, -0.1) is 0 Å². The molecule has 3 nitrogen and oxygen atoms in total. The van der Waals surface area contributed by atoms with Gasteiger partial charge >= 0.3 is 8.56 Å². The number of para-hydroxylation sites is 1. The molecule has 0 radical (unpaired) electrons. The highest BCUT2D eigenvalue weighted by Crippen LogP contribution is 2.40. The van der Waals surface area contributed by atoms with Crippen LogP contribution in [0.5, 0.6) is 0 Å². The van der Waals surface area contributed by atoms with Crippen LogP contribution in [0.25, 0.3) is 0 Å². The Hall–Kier alpha value is -0.626. The van der Waals surface area contributed by atoms with Crippen molar-refractivity contribution in [1.29, 1.82) is 0 Å². The fourth-order valence-electron chi connectivity index (χ4n) is 2.75. The van der Waals surface area contributed by atoms with E-state index in [2.05, 4.69) is 75.3 Å². The minimum Gasteiger partial charge on any atom is -0.398 e. The molecule has 0 aliphatic carbocycles. The minimum absolute atomic E-state index is 0.325. The molecule has 1 aromatic rings. The van der Waals surface area contributed by atoms with Crippen molar-refractivity contribution in [3.05, 3.63) is 30.3 Å². The topological polar surface area (TPSA) is 21.7 Å². The molecule has 0 saturated heterocycles. The van der Waals surface area contributed by atoms with Gasteiger partial charge in [0, 0.05) is 26.5 Å². The van der Waals surface area contributed by atoms with E-state index < -0.39 is 16.8 Å². The molecule has 0 aromatic heterocycles. The summed E-state index contributed by atoms with van der Waals surface area (Å²) >= 11 is 0. The fraction of sp³-hybridized carbons (Fsp3) is 0.684. The Labute approximate surface area is 151 Å². The van der Waals surface area contributed by atoms with Crippen LogP contribution >= 0.6 is 0 Å². The molecule has 1 rings (SSSR count). The average Bonchev–Trinajstić information content (AvgIpc) is 2.54. The van der Waals surface area contributed by atoms with E-state index in [9.17, 15) is 0 Å². The number of benzene rings is 1. The molecule has 24 heavy (non-hydrogen) atoms. The van der Waals surface area contributed by atoms with Gasteiger partial charge in [0.2, 0.25) is 0 Å². The summed E-state index contributed by atoms with van der Waals surface area (Å²) < 4.78 is 13.9. The molecule has 0 atom stereocenters. The molecular weight excluding hydrogens is 330 g/mol. The zero-order valence-electron chi connectivity index (χ0n) is 17.0. The predicted octanol–water partition coefficient (Wildman–Crippen LogP) is 5.64. The second-order valence-electron chi connectivity index (χ2n) is 8.30. The Kier molecular flexibility index (Phi) is 7.72. The van der Waals surface area contributed by atoms with Gasteiger partial charge < -0.3 is 13.4 Å². The van der Waals surface area contributed by atoms with Gasteiger partial charge in [-0.3, -0.25) is 0 Å². The summed E-state index contributed by atoms with van der Waals surface area (Å²) in [4.78, 5) is 0. The summed E-state index contributed by atoms with van der Waals surface area (Å²) in [7, 11) is 0.0149. The van der Waals surface area contributed by atoms with E-state index >= 15 is 0 Å². The number of anilines is 1. The van der Waals surface area contributed by atoms with Crippen LogP contribution < -0.4 is 4.57 Å². The summed E-state index contributed by atoms with van der Waals surface area (Å²) in [6, 6.07) is 12.0. The van der Waals surface area contributed by atoms with E-state index in [0.29, 0.717) is 5.04 Å². The number of hydrogen-bond donors (Lipinski definition) is 0. The maximum atomic E-state index is 5.61. The van der Waals surface area contributed by atoms with Gasteiger partial charge in [-0.2, -0.15) is 0 Å². The van der Waals surface area contributed by atoms with E-state index in [1.54, 1.807) is 14.2 Å². The first-order valence-corrected chi connectivity index (χ1v) is 14.5. The van der Waals surface area contributed by atoms with Gasteiger partial charge in [0.05, 0.1) is 0 Å². The van der Waals surface area contributed by atoms with Crippen molar-refractivity contribution in [3.63, 3.8) is 0 Å². The second-order valence-corrected chi connectivity index (χ2v) is 17.0. The summed E-state index contributed by atoms with van der Waals surface area (Å²) in [6.45, 7) is 15.4. The van der Waals surface area contributed by atoms with Crippen molar-refractivity contribution in [3.8, 4) is 0 Å². The Balaban J connectivity index is 2.82. The monoisotopic (exact) mass is 367 g/mol. The van der Waals surface area contributed by atoms with E-state index in [1.165, 1.54) is 12.1 Å². The Morgan fingerprint density at radius 3 is 1.92 bits per heavy atom. The van der Waals surface area contributed by atoms with Gasteiger partial charge in [-0.05, 0) is 42.6 Å².